The molecular weight excluding hydrogens is 280 g/mol. The molecule has 1 unspecified atom stereocenters. The predicted octanol–water partition coefficient (Wildman–Crippen LogP) is 4.03. The number of nitrogens with one attached hydrogen (secondary N) is 1. The Balaban J connectivity index is 1.83. The molecule has 0 saturated carbocycles. The number of ether oxygens (including phenoxy) is 1. The Morgan fingerprint density at radius 3 is 3.00 bits per heavy atom. The maximum atomic E-state index is 6.22. The van der Waals surface area contributed by atoms with Gasteiger partial charge in [0.1, 0.15) is 11.9 Å². The summed E-state index contributed by atoms with van der Waals surface area (Å²) in [6, 6.07) is 12.4. The second-order valence-electron chi connectivity index (χ2n) is 4.90. The minimum atomic E-state index is 0.0942. The van der Waals surface area contributed by atoms with Crippen LogP contribution in [0.2, 0.25) is 0 Å². The molecule has 0 bridgehead atoms. The Hall–Kier alpha value is -1.91. The van der Waals surface area contributed by atoms with Gasteiger partial charge in [-0.3, -0.25) is 4.98 Å². The van der Waals surface area contributed by atoms with E-state index >= 15 is 0 Å². The van der Waals surface area contributed by atoms with E-state index in [0.717, 1.165) is 29.5 Å². The van der Waals surface area contributed by atoms with Crippen LogP contribution in [0.1, 0.15) is 17.4 Å². The highest BCUT2D eigenvalue weighted by Gasteiger charge is 2.14. The SMILES string of the molecule is CNCCC(Oc1ccc2cnccc2c1)c1cccs1. The molecule has 0 aliphatic rings. The van der Waals surface area contributed by atoms with Crippen molar-refractivity contribution in [2.45, 2.75) is 12.5 Å². The normalized spacial score (nSPS) is 12.4. The summed E-state index contributed by atoms with van der Waals surface area (Å²) < 4.78 is 6.22. The van der Waals surface area contributed by atoms with Crippen LogP contribution in [-0.2, 0) is 0 Å². The lowest BCUT2D eigenvalue weighted by molar-refractivity contribution is 0.199. The molecule has 0 aliphatic heterocycles. The van der Waals surface area contributed by atoms with Crippen molar-refractivity contribution in [2.24, 2.45) is 0 Å². The first-order chi connectivity index (χ1) is 10.4. The average molecular weight is 298 g/mol. The Labute approximate surface area is 128 Å². The van der Waals surface area contributed by atoms with E-state index in [1.807, 2.05) is 31.6 Å². The summed E-state index contributed by atoms with van der Waals surface area (Å²) in [6.07, 6.45) is 4.73. The van der Waals surface area contributed by atoms with Gasteiger partial charge in [0.15, 0.2) is 0 Å². The topological polar surface area (TPSA) is 34.1 Å². The van der Waals surface area contributed by atoms with Crippen molar-refractivity contribution in [2.75, 3.05) is 13.6 Å². The monoisotopic (exact) mass is 298 g/mol. The first-order valence-electron chi connectivity index (χ1n) is 7.05. The van der Waals surface area contributed by atoms with Gasteiger partial charge in [-0.15, -0.1) is 11.3 Å². The first kappa shape index (κ1) is 14.0. The van der Waals surface area contributed by atoms with Crippen molar-refractivity contribution in [3.63, 3.8) is 0 Å². The molecule has 0 radical (unpaired) electrons. The Kier molecular flexibility index (Phi) is 4.48. The standard InChI is InChI=1S/C17H18N2OS/c1-18-8-7-16(17-3-2-10-21-17)20-15-5-4-14-12-19-9-6-13(14)11-15/h2-6,9-12,16,18H,7-8H2,1H3. The molecule has 0 fully saturated rings. The molecule has 0 saturated heterocycles. The molecule has 1 aromatic carbocycles. The number of hydrogen-bond acceptors (Lipinski definition) is 4. The number of nitrogens with zero attached hydrogens (tertiary/aromatic N) is 1. The van der Waals surface area contributed by atoms with Crippen LogP contribution in [0.25, 0.3) is 10.8 Å². The molecular formula is C17H18N2OS. The molecule has 108 valence electrons. The van der Waals surface area contributed by atoms with Crippen LogP contribution >= 0.6 is 11.3 Å². The molecule has 0 aliphatic carbocycles. The summed E-state index contributed by atoms with van der Waals surface area (Å²) in [6.45, 7) is 0.931. The van der Waals surface area contributed by atoms with Crippen LogP contribution < -0.4 is 10.1 Å². The Bertz CT molecular complexity index is 697. The highest BCUT2D eigenvalue weighted by Crippen LogP contribution is 2.29. The molecule has 3 nitrogen and oxygen atoms in total. The van der Waals surface area contributed by atoms with Gasteiger partial charge in [-0.2, -0.15) is 0 Å². The number of rotatable bonds is 6. The molecule has 21 heavy (non-hydrogen) atoms. The van der Waals surface area contributed by atoms with Gasteiger partial charge in [-0.25, -0.2) is 0 Å². The molecule has 3 rings (SSSR count). The van der Waals surface area contributed by atoms with Gasteiger partial charge in [0.2, 0.25) is 0 Å². The van der Waals surface area contributed by atoms with E-state index in [-0.39, 0.29) is 6.10 Å². The zero-order chi connectivity index (χ0) is 14.5. The van der Waals surface area contributed by atoms with Gasteiger partial charge in [0, 0.05) is 29.1 Å². The summed E-state index contributed by atoms with van der Waals surface area (Å²) >= 11 is 1.74. The second-order valence-corrected chi connectivity index (χ2v) is 5.88. The Morgan fingerprint density at radius 1 is 1.24 bits per heavy atom. The maximum Gasteiger partial charge on any atom is 0.134 e. The fourth-order valence-corrected chi connectivity index (χ4v) is 3.10. The lowest BCUT2D eigenvalue weighted by Crippen LogP contribution is -2.15. The van der Waals surface area contributed by atoms with E-state index in [1.165, 1.54) is 4.88 Å². The predicted molar refractivity (Wildman–Crippen MR) is 88.0 cm³/mol. The summed E-state index contributed by atoms with van der Waals surface area (Å²) in [5.41, 5.74) is 0. The van der Waals surface area contributed by atoms with Crippen molar-refractivity contribution >= 4 is 22.1 Å². The van der Waals surface area contributed by atoms with E-state index in [1.54, 1.807) is 11.3 Å². The van der Waals surface area contributed by atoms with Crippen LogP contribution in [-0.4, -0.2) is 18.6 Å². The third kappa shape index (κ3) is 3.40. The largest absolute Gasteiger partial charge is 0.485 e. The van der Waals surface area contributed by atoms with Crippen molar-refractivity contribution in [3.8, 4) is 5.75 Å². The number of pyridine rings is 1. The summed E-state index contributed by atoms with van der Waals surface area (Å²) in [5.74, 6) is 0.906. The number of benzene rings is 1. The minimum Gasteiger partial charge on any atom is -0.485 e. The fourth-order valence-electron chi connectivity index (χ4n) is 2.31. The molecule has 2 heterocycles. The summed E-state index contributed by atoms with van der Waals surface area (Å²) in [7, 11) is 1.97. The zero-order valence-electron chi connectivity index (χ0n) is 12.0. The first-order valence-corrected chi connectivity index (χ1v) is 7.93. The van der Waals surface area contributed by atoms with E-state index in [0.29, 0.717) is 0 Å². The van der Waals surface area contributed by atoms with E-state index in [9.17, 15) is 0 Å². The average Bonchev–Trinajstić information content (AvgIpc) is 3.05. The lowest BCUT2D eigenvalue weighted by Gasteiger charge is -2.18. The molecule has 0 spiro atoms. The number of fused-ring (bicyclic) bond motifs is 1. The number of aromatic nitrogens is 1. The molecule has 1 N–H and O–H groups in total. The summed E-state index contributed by atoms with van der Waals surface area (Å²) in [5, 5.41) is 7.57. The molecule has 2 aromatic heterocycles. The second kappa shape index (κ2) is 6.70. The summed E-state index contributed by atoms with van der Waals surface area (Å²) in [4.78, 5) is 5.40. The third-order valence-corrected chi connectivity index (χ3v) is 4.37. The highest BCUT2D eigenvalue weighted by atomic mass is 32.1. The van der Waals surface area contributed by atoms with Crippen LogP contribution in [0, 0.1) is 0 Å². The van der Waals surface area contributed by atoms with E-state index in [2.05, 4.69) is 39.9 Å². The lowest BCUT2D eigenvalue weighted by atomic mass is 10.1. The molecule has 1 atom stereocenters. The van der Waals surface area contributed by atoms with E-state index in [4.69, 9.17) is 4.74 Å². The van der Waals surface area contributed by atoms with Crippen molar-refractivity contribution in [1.29, 1.82) is 0 Å². The number of thiophene rings is 1. The van der Waals surface area contributed by atoms with Gasteiger partial charge in [0.05, 0.1) is 0 Å². The smallest absolute Gasteiger partial charge is 0.134 e. The van der Waals surface area contributed by atoms with Gasteiger partial charge in [0.25, 0.3) is 0 Å². The highest BCUT2D eigenvalue weighted by molar-refractivity contribution is 7.10. The van der Waals surface area contributed by atoms with Crippen molar-refractivity contribution < 1.29 is 4.74 Å². The van der Waals surface area contributed by atoms with Crippen molar-refractivity contribution in [3.05, 3.63) is 59.0 Å². The van der Waals surface area contributed by atoms with Gasteiger partial charge < -0.3 is 10.1 Å². The maximum absolute atomic E-state index is 6.22. The number of hydrogen-bond donors (Lipinski definition) is 1. The van der Waals surface area contributed by atoms with Crippen LogP contribution in [0.15, 0.2) is 54.2 Å². The van der Waals surface area contributed by atoms with Gasteiger partial charge >= 0.3 is 0 Å². The van der Waals surface area contributed by atoms with Crippen LogP contribution in [0.4, 0.5) is 0 Å². The molecule has 4 heteroatoms. The van der Waals surface area contributed by atoms with E-state index < -0.39 is 0 Å². The van der Waals surface area contributed by atoms with Gasteiger partial charge in [-0.1, -0.05) is 6.07 Å². The van der Waals surface area contributed by atoms with Crippen LogP contribution in [0.3, 0.4) is 0 Å². The molecule has 3 aromatic rings. The fraction of sp³-hybridized carbons (Fsp3) is 0.235. The third-order valence-electron chi connectivity index (χ3n) is 3.41. The Morgan fingerprint density at radius 2 is 2.19 bits per heavy atom. The molecule has 0 amide bonds. The van der Waals surface area contributed by atoms with Crippen molar-refractivity contribution in [1.82, 2.24) is 10.3 Å². The minimum absolute atomic E-state index is 0.0942. The van der Waals surface area contributed by atoms with Crippen LogP contribution in [0.5, 0.6) is 5.75 Å². The quantitative estimate of drug-likeness (QED) is 0.746. The van der Waals surface area contributed by atoms with Gasteiger partial charge in [-0.05, 0) is 54.7 Å². The zero-order valence-corrected chi connectivity index (χ0v) is 12.8.